The summed E-state index contributed by atoms with van der Waals surface area (Å²) in [5.74, 6) is -1.05. The molecule has 24 heavy (non-hydrogen) atoms. The summed E-state index contributed by atoms with van der Waals surface area (Å²) in [6, 6.07) is 10.9. The highest BCUT2D eigenvalue weighted by Gasteiger charge is 2.39. The van der Waals surface area contributed by atoms with Crippen LogP contribution in [0.3, 0.4) is 0 Å². The third-order valence-corrected chi connectivity index (χ3v) is 4.89. The van der Waals surface area contributed by atoms with E-state index in [4.69, 9.17) is 17.3 Å². The standard InChI is InChI=1S/C18H18ClN3O2/c19-13-6-4-12(5-7-13)18(8-2-9-18)11-22-17(24)14-3-1-10-21-15(14)16(20)23/h1,3-7,10H,2,8-9,11H2,(H2,20,23)(H,22,24). The zero-order valence-electron chi connectivity index (χ0n) is 13.1. The Kier molecular flexibility index (Phi) is 4.53. The monoisotopic (exact) mass is 343 g/mol. The maximum atomic E-state index is 12.5. The Balaban J connectivity index is 1.76. The molecule has 1 aliphatic rings. The highest BCUT2D eigenvalue weighted by molar-refractivity contribution is 6.30. The molecule has 1 aromatic carbocycles. The topological polar surface area (TPSA) is 85.1 Å². The van der Waals surface area contributed by atoms with Gasteiger partial charge in [0.05, 0.1) is 5.56 Å². The van der Waals surface area contributed by atoms with Crippen LogP contribution >= 0.6 is 11.6 Å². The summed E-state index contributed by atoms with van der Waals surface area (Å²) < 4.78 is 0. The number of benzene rings is 1. The van der Waals surface area contributed by atoms with Crippen molar-refractivity contribution in [2.75, 3.05) is 6.54 Å². The lowest BCUT2D eigenvalue weighted by molar-refractivity contribution is 0.0913. The molecule has 0 aliphatic heterocycles. The molecule has 6 heteroatoms. The first-order valence-electron chi connectivity index (χ1n) is 7.81. The minimum absolute atomic E-state index is 0.0100. The lowest BCUT2D eigenvalue weighted by Gasteiger charge is -2.42. The van der Waals surface area contributed by atoms with Gasteiger partial charge in [-0.05, 0) is 42.7 Å². The summed E-state index contributed by atoms with van der Waals surface area (Å²) in [5.41, 5.74) is 6.57. The molecule has 124 valence electrons. The van der Waals surface area contributed by atoms with Crippen molar-refractivity contribution in [3.63, 3.8) is 0 Å². The smallest absolute Gasteiger partial charge is 0.268 e. The average molecular weight is 344 g/mol. The van der Waals surface area contributed by atoms with E-state index in [2.05, 4.69) is 10.3 Å². The number of pyridine rings is 1. The molecule has 5 nitrogen and oxygen atoms in total. The predicted octanol–water partition coefficient (Wildman–Crippen LogP) is 2.69. The number of nitrogens with one attached hydrogen (secondary N) is 1. The summed E-state index contributed by atoms with van der Waals surface area (Å²) in [6.45, 7) is 0.501. The number of primary amides is 1. The van der Waals surface area contributed by atoms with E-state index in [1.165, 1.54) is 11.8 Å². The number of hydrogen-bond donors (Lipinski definition) is 2. The van der Waals surface area contributed by atoms with Crippen molar-refractivity contribution in [1.29, 1.82) is 0 Å². The maximum Gasteiger partial charge on any atom is 0.268 e. The van der Waals surface area contributed by atoms with Crippen molar-refractivity contribution < 1.29 is 9.59 Å². The van der Waals surface area contributed by atoms with E-state index in [0.29, 0.717) is 11.6 Å². The Morgan fingerprint density at radius 1 is 1.21 bits per heavy atom. The van der Waals surface area contributed by atoms with Gasteiger partial charge in [0.1, 0.15) is 5.69 Å². The Bertz CT molecular complexity index is 770. The number of nitrogens with zero attached hydrogens (tertiary/aromatic N) is 1. The minimum atomic E-state index is -0.711. The fourth-order valence-electron chi connectivity index (χ4n) is 3.10. The normalized spacial score (nSPS) is 15.4. The van der Waals surface area contributed by atoms with Gasteiger partial charge in [-0.1, -0.05) is 30.2 Å². The largest absolute Gasteiger partial charge is 0.364 e. The van der Waals surface area contributed by atoms with Gasteiger partial charge in [0, 0.05) is 23.2 Å². The molecule has 0 atom stereocenters. The second-order valence-electron chi connectivity index (χ2n) is 6.09. The quantitative estimate of drug-likeness (QED) is 0.875. The van der Waals surface area contributed by atoms with Gasteiger partial charge >= 0.3 is 0 Å². The number of carbonyl (C=O) groups is 2. The zero-order chi connectivity index (χ0) is 17.2. The van der Waals surface area contributed by atoms with E-state index in [-0.39, 0.29) is 22.6 Å². The van der Waals surface area contributed by atoms with E-state index >= 15 is 0 Å². The third-order valence-electron chi connectivity index (χ3n) is 4.64. The Labute approximate surface area is 145 Å². The summed E-state index contributed by atoms with van der Waals surface area (Å²) in [5, 5.41) is 3.62. The summed E-state index contributed by atoms with van der Waals surface area (Å²) in [4.78, 5) is 27.8. The molecular formula is C18H18ClN3O2. The molecule has 1 aromatic heterocycles. The third kappa shape index (κ3) is 3.12. The van der Waals surface area contributed by atoms with Crippen molar-refractivity contribution in [1.82, 2.24) is 10.3 Å². The van der Waals surface area contributed by atoms with E-state index < -0.39 is 5.91 Å². The number of carbonyl (C=O) groups excluding carboxylic acids is 2. The molecule has 0 bridgehead atoms. The summed E-state index contributed by atoms with van der Waals surface area (Å²) in [6.07, 6.45) is 4.57. The molecule has 3 rings (SSSR count). The Morgan fingerprint density at radius 2 is 1.92 bits per heavy atom. The number of aromatic nitrogens is 1. The number of hydrogen-bond acceptors (Lipinski definition) is 3. The number of amides is 2. The lowest BCUT2D eigenvalue weighted by atomic mass is 9.64. The fourth-order valence-corrected chi connectivity index (χ4v) is 3.23. The van der Waals surface area contributed by atoms with Gasteiger partial charge < -0.3 is 11.1 Å². The first kappa shape index (κ1) is 16.5. The molecule has 0 radical (unpaired) electrons. The van der Waals surface area contributed by atoms with Crippen molar-refractivity contribution in [2.24, 2.45) is 5.73 Å². The molecule has 0 unspecified atom stereocenters. The first-order valence-corrected chi connectivity index (χ1v) is 8.19. The van der Waals surface area contributed by atoms with Crippen LogP contribution in [-0.4, -0.2) is 23.3 Å². The molecule has 3 N–H and O–H groups in total. The van der Waals surface area contributed by atoms with Gasteiger partial charge in [-0.25, -0.2) is 0 Å². The van der Waals surface area contributed by atoms with Crippen molar-refractivity contribution in [3.8, 4) is 0 Å². The van der Waals surface area contributed by atoms with Crippen LogP contribution in [0.5, 0.6) is 0 Å². The van der Waals surface area contributed by atoms with Crippen LogP contribution in [0.4, 0.5) is 0 Å². The van der Waals surface area contributed by atoms with Crippen molar-refractivity contribution in [3.05, 3.63) is 64.4 Å². The zero-order valence-corrected chi connectivity index (χ0v) is 13.8. The van der Waals surface area contributed by atoms with E-state index in [0.717, 1.165) is 19.3 Å². The highest BCUT2D eigenvalue weighted by Crippen LogP contribution is 2.43. The number of nitrogens with two attached hydrogens (primary N) is 1. The number of halogens is 1. The molecule has 1 fully saturated rings. The molecule has 0 spiro atoms. The molecule has 1 saturated carbocycles. The highest BCUT2D eigenvalue weighted by atomic mass is 35.5. The van der Waals surface area contributed by atoms with Gasteiger partial charge in [-0.15, -0.1) is 0 Å². The van der Waals surface area contributed by atoms with Crippen LogP contribution in [0.2, 0.25) is 5.02 Å². The van der Waals surface area contributed by atoms with E-state index in [1.54, 1.807) is 12.1 Å². The van der Waals surface area contributed by atoms with E-state index in [1.807, 2.05) is 24.3 Å². The van der Waals surface area contributed by atoms with Gasteiger partial charge in [-0.3, -0.25) is 14.6 Å². The minimum Gasteiger partial charge on any atom is -0.364 e. The summed E-state index contributed by atoms with van der Waals surface area (Å²) in [7, 11) is 0. The molecule has 1 heterocycles. The summed E-state index contributed by atoms with van der Waals surface area (Å²) >= 11 is 5.96. The second-order valence-corrected chi connectivity index (χ2v) is 6.52. The Hall–Kier alpha value is -2.40. The van der Waals surface area contributed by atoms with Gasteiger partial charge in [-0.2, -0.15) is 0 Å². The van der Waals surface area contributed by atoms with Crippen LogP contribution < -0.4 is 11.1 Å². The van der Waals surface area contributed by atoms with Crippen molar-refractivity contribution >= 4 is 23.4 Å². The van der Waals surface area contributed by atoms with Crippen molar-refractivity contribution in [2.45, 2.75) is 24.7 Å². The first-order chi connectivity index (χ1) is 11.5. The Morgan fingerprint density at radius 3 is 2.50 bits per heavy atom. The van der Waals surface area contributed by atoms with Crippen LogP contribution in [0.25, 0.3) is 0 Å². The van der Waals surface area contributed by atoms with Gasteiger partial charge in [0.2, 0.25) is 0 Å². The molecule has 2 aromatic rings. The fraction of sp³-hybridized carbons (Fsp3) is 0.278. The molecule has 0 saturated heterocycles. The van der Waals surface area contributed by atoms with Crippen LogP contribution in [-0.2, 0) is 5.41 Å². The van der Waals surface area contributed by atoms with Crippen LogP contribution in [0.15, 0.2) is 42.6 Å². The maximum absolute atomic E-state index is 12.5. The SMILES string of the molecule is NC(=O)c1ncccc1C(=O)NCC1(c2ccc(Cl)cc2)CCC1. The molecule has 2 amide bonds. The molecule has 1 aliphatic carbocycles. The average Bonchev–Trinajstić information content (AvgIpc) is 2.55. The molecular weight excluding hydrogens is 326 g/mol. The lowest BCUT2D eigenvalue weighted by Crippen LogP contribution is -2.45. The van der Waals surface area contributed by atoms with E-state index in [9.17, 15) is 9.59 Å². The second kappa shape index (κ2) is 6.61. The van der Waals surface area contributed by atoms with Gasteiger partial charge in [0.15, 0.2) is 0 Å². The van der Waals surface area contributed by atoms with Crippen LogP contribution in [0.1, 0.15) is 45.7 Å². The van der Waals surface area contributed by atoms with Gasteiger partial charge in [0.25, 0.3) is 11.8 Å². The number of rotatable bonds is 5. The van der Waals surface area contributed by atoms with Crippen LogP contribution in [0, 0.1) is 0 Å². The predicted molar refractivity (Wildman–Crippen MR) is 92.1 cm³/mol.